The first kappa shape index (κ1) is 13.1. The molecule has 0 saturated carbocycles. The van der Waals surface area contributed by atoms with E-state index in [4.69, 9.17) is 5.73 Å². The van der Waals surface area contributed by atoms with Gasteiger partial charge in [-0.05, 0) is 17.7 Å². The number of rotatable bonds is 5. The molecule has 2 rings (SSSR count). The number of nitrogens with two attached hydrogens (primary N) is 1. The molecule has 5 heteroatoms. The summed E-state index contributed by atoms with van der Waals surface area (Å²) in [6.45, 7) is 5.48. The fourth-order valence-electron chi connectivity index (χ4n) is 1.82. The molecule has 0 bridgehead atoms. The van der Waals surface area contributed by atoms with Gasteiger partial charge >= 0.3 is 0 Å². The number of hydrogen-bond donors (Lipinski definition) is 2. The zero-order valence-corrected chi connectivity index (χ0v) is 10.8. The molecule has 0 aliphatic carbocycles. The van der Waals surface area contributed by atoms with Crippen molar-refractivity contribution in [2.24, 2.45) is 10.7 Å². The van der Waals surface area contributed by atoms with Crippen molar-refractivity contribution >= 4 is 17.6 Å². The SMILES string of the molecule is C=CCNC(N)=NCc1cccc(N2CCC2=O)c1. The molecule has 0 radical (unpaired) electrons. The Kier molecular flexibility index (Phi) is 4.18. The highest BCUT2D eigenvalue weighted by Gasteiger charge is 2.24. The summed E-state index contributed by atoms with van der Waals surface area (Å²) in [5.74, 6) is 0.568. The van der Waals surface area contributed by atoms with E-state index in [9.17, 15) is 4.79 Å². The summed E-state index contributed by atoms with van der Waals surface area (Å²) in [6, 6.07) is 7.81. The van der Waals surface area contributed by atoms with Crippen molar-refractivity contribution in [3.8, 4) is 0 Å². The van der Waals surface area contributed by atoms with Crippen molar-refractivity contribution in [2.75, 3.05) is 18.0 Å². The monoisotopic (exact) mass is 258 g/mol. The summed E-state index contributed by atoms with van der Waals surface area (Å²) in [5, 5.41) is 2.91. The van der Waals surface area contributed by atoms with Crippen molar-refractivity contribution in [2.45, 2.75) is 13.0 Å². The zero-order valence-electron chi connectivity index (χ0n) is 10.8. The predicted molar refractivity (Wildman–Crippen MR) is 76.9 cm³/mol. The highest BCUT2D eigenvalue weighted by molar-refractivity contribution is 5.99. The molecule has 1 aliphatic rings. The third-order valence-electron chi connectivity index (χ3n) is 2.93. The van der Waals surface area contributed by atoms with Gasteiger partial charge in [0.1, 0.15) is 0 Å². The lowest BCUT2D eigenvalue weighted by atomic mass is 10.1. The molecule has 100 valence electrons. The van der Waals surface area contributed by atoms with Gasteiger partial charge in [0.05, 0.1) is 6.54 Å². The maximum atomic E-state index is 11.4. The average molecular weight is 258 g/mol. The number of amides is 1. The maximum Gasteiger partial charge on any atom is 0.228 e. The molecule has 0 unspecified atom stereocenters. The van der Waals surface area contributed by atoms with Gasteiger partial charge in [0.25, 0.3) is 0 Å². The second-order valence-electron chi connectivity index (χ2n) is 4.34. The Labute approximate surface area is 112 Å². The van der Waals surface area contributed by atoms with Gasteiger partial charge in [-0.2, -0.15) is 0 Å². The lowest BCUT2D eigenvalue weighted by molar-refractivity contribution is -0.122. The third kappa shape index (κ3) is 3.34. The largest absolute Gasteiger partial charge is 0.370 e. The van der Waals surface area contributed by atoms with Crippen LogP contribution in [0.5, 0.6) is 0 Å². The minimum absolute atomic E-state index is 0.174. The molecule has 0 atom stereocenters. The number of carbonyl (C=O) groups excluding carboxylic acids is 1. The van der Waals surface area contributed by atoms with Gasteiger partial charge in [-0.1, -0.05) is 18.2 Å². The second kappa shape index (κ2) is 6.04. The first-order chi connectivity index (χ1) is 9.20. The van der Waals surface area contributed by atoms with E-state index in [1.54, 1.807) is 11.0 Å². The molecule has 1 aliphatic heterocycles. The third-order valence-corrected chi connectivity index (χ3v) is 2.93. The van der Waals surface area contributed by atoms with Crippen LogP contribution in [0.15, 0.2) is 41.9 Å². The number of nitrogens with zero attached hydrogens (tertiary/aromatic N) is 2. The van der Waals surface area contributed by atoms with Crippen LogP contribution in [0.2, 0.25) is 0 Å². The molecule has 1 aromatic carbocycles. The summed E-state index contributed by atoms with van der Waals surface area (Å²) in [4.78, 5) is 17.4. The van der Waals surface area contributed by atoms with Crippen LogP contribution in [-0.2, 0) is 11.3 Å². The summed E-state index contributed by atoms with van der Waals surface area (Å²) in [6.07, 6.45) is 2.36. The number of nitrogens with one attached hydrogen (secondary N) is 1. The van der Waals surface area contributed by atoms with E-state index in [0.29, 0.717) is 25.5 Å². The molecule has 1 amide bonds. The van der Waals surface area contributed by atoms with Crippen LogP contribution in [-0.4, -0.2) is 25.0 Å². The number of benzene rings is 1. The summed E-state index contributed by atoms with van der Waals surface area (Å²) in [7, 11) is 0. The number of guanidine groups is 1. The molecule has 1 heterocycles. The molecule has 5 nitrogen and oxygen atoms in total. The zero-order chi connectivity index (χ0) is 13.7. The Morgan fingerprint density at radius 1 is 1.58 bits per heavy atom. The molecule has 0 aromatic heterocycles. The number of hydrogen-bond acceptors (Lipinski definition) is 2. The molecule has 1 fully saturated rings. The van der Waals surface area contributed by atoms with Crippen LogP contribution in [0.25, 0.3) is 0 Å². The van der Waals surface area contributed by atoms with Gasteiger partial charge in [-0.3, -0.25) is 4.79 Å². The number of anilines is 1. The number of β-lactam (4-membered cyclic amide) rings is 1. The van der Waals surface area contributed by atoms with Gasteiger partial charge in [0, 0.05) is 25.2 Å². The van der Waals surface area contributed by atoms with Crippen LogP contribution >= 0.6 is 0 Å². The fourth-order valence-corrected chi connectivity index (χ4v) is 1.82. The van der Waals surface area contributed by atoms with Gasteiger partial charge < -0.3 is 16.0 Å². The molecule has 3 N–H and O–H groups in total. The van der Waals surface area contributed by atoms with E-state index in [0.717, 1.165) is 17.8 Å². The highest BCUT2D eigenvalue weighted by atomic mass is 16.2. The average Bonchev–Trinajstić information content (AvgIpc) is 2.41. The second-order valence-corrected chi connectivity index (χ2v) is 4.34. The van der Waals surface area contributed by atoms with Gasteiger partial charge in [-0.25, -0.2) is 4.99 Å². The van der Waals surface area contributed by atoms with Gasteiger partial charge in [-0.15, -0.1) is 6.58 Å². The van der Waals surface area contributed by atoms with Crippen molar-refractivity contribution in [3.05, 3.63) is 42.5 Å². The summed E-state index contributed by atoms with van der Waals surface area (Å²) < 4.78 is 0. The molecular formula is C14H18N4O. The normalized spacial score (nSPS) is 15.1. The first-order valence-electron chi connectivity index (χ1n) is 6.24. The topological polar surface area (TPSA) is 70.7 Å². The molecule has 1 saturated heterocycles. The smallest absolute Gasteiger partial charge is 0.228 e. The Hall–Kier alpha value is -2.30. The van der Waals surface area contributed by atoms with Gasteiger partial charge in [0.2, 0.25) is 5.91 Å². The Bertz CT molecular complexity index is 510. The van der Waals surface area contributed by atoms with Gasteiger partial charge in [0.15, 0.2) is 5.96 Å². The molecular weight excluding hydrogens is 240 g/mol. The van der Waals surface area contributed by atoms with Crippen LogP contribution in [0.1, 0.15) is 12.0 Å². The fraction of sp³-hybridized carbons (Fsp3) is 0.286. The number of carbonyl (C=O) groups is 1. The Morgan fingerprint density at radius 2 is 2.42 bits per heavy atom. The first-order valence-corrected chi connectivity index (χ1v) is 6.24. The minimum atomic E-state index is 0.174. The van der Waals surface area contributed by atoms with Crippen molar-refractivity contribution < 1.29 is 4.79 Å². The predicted octanol–water partition coefficient (Wildman–Crippen LogP) is 1.01. The van der Waals surface area contributed by atoms with E-state index < -0.39 is 0 Å². The minimum Gasteiger partial charge on any atom is -0.370 e. The maximum absolute atomic E-state index is 11.4. The van der Waals surface area contributed by atoms with Crippen molar-refractivity contribution in [1.29, 1.82) is 0 Å². The molecule has 19 heavy (non-hydrogen) atoms. The lowest BCUT2D eigenvalue weighted by Crippen LogP contribution is -2.43. The van der Waals surface area contributed by atoms with E-state index in [2.05, 4.69) is 16.9 Å². The van der Waals surface area contributed by atoms with Crippen LogP contribution in [0.4, 0.5) is 5.69 Å². The van der Waals surface area contributed by atoms with Crippen LogP contribution < -0.4 is 16.0 Å². The summed E-state index contributed by atoms with van der Waals surface area (Å²) in [5.41, 5.74) is 7.65. The van der Waals surface area contributed by atoms with E-state index in [-0.39, 0.29) is 5.91 Å². The van der Waals surface area contributed by atoms with Crippen molar-refractivity contribution in [3.63, 3.8) is 0 Å². The van der Waals surface area contributed by atoms with E-state index in [1.165, 1.54) is 0 Å². The Morgan fingerprint density at radius 3 is 3.05 bits per heavy atom. The standard InChI is InChI=1S/C14H18N4O/c1-2-7-16-14(15)17-10-11-4-3-5-12(9-11)18-8-6-13(18)19/h2-5,9H,1,6-8,10H2,(H3,15,16,17). The summed E-state index contributed by atoms with van der Waals surface area (Å²) >= 11 is 0. The molecule has 0 spiro atoms. The number of aliphatic imine (C=N–C) groups is 1. The molecule has 1 aromatic rings. The van der Waals surface area contributed by atoms with E-state index >= 15 is 0 Å². The quantitative estimate of drug-likeness (QED) is 0.358. The van der Waals surface area contributed by atoms with E-state index in [1.807, 2.05) is 24.3 Å². The van der Waals surface area contributed by atoms with Crippen molar-refractivity contribution in [1.82, 2.24) is 5.32 Å². The highest BCUT2D eigenvalue weighted by Crippen LogP contribution is 2.22. The lowest BCUT2D eigenvalue weighted by Gasteiger charge is -2.30. The van der Waals surface area contributed by atoms with Crippen LogP contribution in [0.3, 0.4) is 0 Å². The van der Waals surface area contributed by atoms with Crippen LogP contribution in [0, 0.1) is 0 Å². The Balaban J connectivity index is 1.99.